The van der Waals surface area contributed by atoms with Crippen LogP contribution >= 0.6 is 11.3 Å². The standard InChI is InChI=1S/C18H26N4OS/c23-10-9-22-18(12-16(20-22)17-2-1-11-24-17)19-15-5-7-21(8-6-15)13-14-3-4-14/h1-2,11-12,14-15,19,23H,3-10,13H2. The van der Waals surface area contributed by atoms with Gasteiger partial charge in [0.2, 0.25) is 0 Å². The molecule has 1 aliphatic heterocycles. The molecule has 130 valence electrons. The van der Waals surface area contributed by atoms with E-state index in [1.807, 2.05) is 10.7 Å². The Kier molecular flexibility index (Phi) is 4.87. The lowest BCUT2D eigenvalue weighted by Gasteiger charge is -2.32. The van der Waals surface area contributed by atoms with E-state index in [1.165, 1.54) is 50.2 Å². The maximum Gasteiger partial charge on any atom is 0.125 e. The average molecular weight is 347 g/mol. The second-order valence-corrected chi connectivity index (χ2v) is 7.95. The molecule has 5 nitrogen and oxygen atoms in total. The van der Waals surface area contributed by atoms with Gasteiger partial charge in [-0.1, -0.05) is 6.07 Å². The van der Waals surface area contributed by atoms with Crippen molar-refractivity contribution in [3.05, 3.63) is 23.6 Å². The van der Waals surface area contributed by atoms with Crippen LogP contribution in [-0.4, -0.2) is 52.1 Å². The first-order valence-corrected chi connectivity index (χ1v) is 9.91. The Morgan fingerprint density at radius 3 is 2.75 bits per heavy atom. The molecule has 0 unspecified atom stereocenters. The monoisotopic (exact) mass is 346 g/mol. The summed E-state index contributed by atoms with van der Waals surface area (Å²) in [5, 5.41) is 19.7. The predicted octanol–water partition coefficient (Wildman–Crippen LogP) is 2.89. The fourth-order valence-electron chi connectivity index (χ4n) is 3.48. The van der Waals surface area contributed by atoms with Gasteiger partial charge in [-0.3, -0.25) is 0 Å². The number of hydrogen-bond acceptors (Lipinski definition) is 5. The van der Waals surface area contributed by atoms with E-state index in [0.717, 1.165) is 17.4 Å². The summed E-state index contributed by atoms with van der Waals surface area (Å²) >= 11 is 1.70. The molecule has 2 fully saturated rings. The number of nitrogens with one attached hydrogen (secondary N) is 1. The Morgan fingerprint density at radius 2 is 2.08 bits per heavy atom. The van der Waals surface area contributed by atoms with Gasteiger partial charge in [0.15, 0.2) is 0 Å². The number of thiophene rings is 1. The van der Waals surface area contributed by atoms with Crippen LogP contribution in [0, 0.1) is 5.92 Å². The molecule has 6 heteroatoms. The van der Waals surface area contributed by atoms with Crippen LogP contribution in [0.25, 0.3) is 10.6 Å². The molecule has 4 rings (SSSR count). The van der Waals surface area contributed by atoms with Crippen LogP contribution in [-0.2, 0) is 6.54 Å². The van der Waals surface area contributed by atoms with Crippen LogP contribution in [0.5, 0.6) is 0 Å². The maximum absolute atomic E-state index is 9.32. The summed E-state index contributed by atoms with van der Waals surface area (Å²) < 4.78 is 1.91. The van der Waals surface area contributed by atoms with E-state index < -0.39 is 0 Å². The summed E-state index contributed by atoms with van der Waals surface area (Å²) in [6, 6.07) is 6.77. The van der Waals surface area contributed by atoms with E-state index in [-0.39, 0.29) is 6.61 Å². The summed E-state index contributed by atoms with van der Waals surface area (Å²) in [6.45, 7) is 4.34. The first kappa shape index (κ1) is 16.1. The first-order valence-electron chi connectivity index (χ1n) is 9.03. The van der Waals surface area contributed by atoms with Gasteiger partial charge in [-0.05, 0) is 43.0 Å². The summed E-state index contributed by atoms with van der Waals surface area (Å²) in [6.07, 6.45) is 5.24. The van der Waals surface area contributed by atoms with E-state index in [4.69, 9.17) is 0 Å². The van der Waals surface area contributed by atoms with E-state index in [2.05, 4.69) is 32.8 Å². The first-order chi connectivity index (χ1) is 11.8. The van der Waals surface area contributed by atoms with Crippen molar-refractivity contribution in [2.45, 2.75) is 38.3 Å². The molecule has 0 aromatic carbocycles. The quantitative estimate of drug-likeness (QED) is 0.809. The van der Waals surface area contributed by atoms with Crippen molar-refractivity contribution in [3.63, 3.8) is 0 Å². The number of rotatable bonds is 7. The lowest BCUT2D eigenvalue weighted by atomic mass is 10.0. The summed E-state index contributed by atoms with van der Waals surface area (Å²) in [5.41, 5.74) is 0.993. The van der Waals surface area contributed by atoms with Crippen LogP contribution in [0.1, 0.15) is 25.7 Å². The van der Waals surface area contributed by atoms with Gasteiger partial charge in [-0.25, -0.2) is 4.68 Å². The number of piperidine rings is 1. The van der Waals surface area contributed by atoms with Crippen molar-refractivity contribution in [2.24, 2.45) is 5.92 Å². The van der Waals surface area contributed by atoms with Gasteiger partial charge in [0.05, 0.1) is 18.0 Å². The molecule has 0 radical (unpaired) electrons. The van der Waals surface area contributed by atoms with E-state index in [1.54, 1.807) is 11.3 Å². The molecule has 0 atom stereocenters. The van der Waals surface area contributed by atoms with Crippen molar-refractivity contribution in [2.75, 3.05) is 31.6 Å². The number of nitrogens with zero attached hydrogens (tertiary/aromatic N) is 3. The molecule has 0 bridgehead atoms. The average Bonchev–Trinajstić information content (AvgIpc) is 3.09. The third-order valence-electron chi connectivity index (χ3n) is 5.02. The minimum Gasteiger partial charge on any atom is -0.394 e. The molecule has 1 saturated carbocycles. The maximum atomic E-state index is 9.32. The number of aliphatic hydroxyl groups excluding tert-OH is 1. The number of anilines is 1. The Balaban J connectivity index is 1.40. The molecule has 2 aliphatic rings. The molecule has 1 saturated heterocycles. The Hall–Kier alpha value is -1.37. The minimum atomic E-state index is 0.111. The highest BCUT2D eigenvalue weighted by Crippen LogP contribution is 2.31. The summed E-state index contributed by atoms with van der Waals surface area (Å²) in [4.78, 5) is 3.80. The second-order valence-electron chi connectivity index (χ2n) is 7.00. The van der Waals surface area contributed by atoms with Gasteiger partial charge in [0.1, 0.15) is 11.5 Å². The fourth-order valence-corrected chi connectivity index (χ4v) is 4.16. The third-order valence-corrected chi connectivity index (χ3v) is 5.91. The van der Waals surface area contributed by atoms with Crippen LogP contribution in [0.4, 0.5) is 5.82 Å². The van der Waals surface area contributed by atoms with E-state index in [0.29, 0.717) is 12.6 Å². The Bertz CT molecular complexity index is 642. The highest BCUT2D eigenvalue weighted by molar-refractivity contribution is 7.13. The molecule has 1 aliphatic carbocycles. The molecule has 0 spiro atoms. The SMILES string of the molecule is OCCn1nc(-c2cccs2)cc1NC1CCN(CC2CC2)CC1. The zero-order chi connectivity index (χ0) is 16.4. The molecular weight excluding hydrogens is 320 g/mol. The van der Waals surface area contributed by atoms with Crippen molar-refractivity contribution in [1.29, 1.82) is 0 Å². The molecule has 2 aromatic heterocycles. The van der Waals surface area contributed by atoms with Gasteiger partial charge in [0, 0.05) is 31.7 Å². The normalized spacial score (nSPS) is 19.7. The molecule has 2 aromatic rings. The fraction of sp³-hybridized carbons (Fsp3) is 0.611. The van der Waals surface area contributed by atoms with E-state index in [9.17, 15) is 5.11 Å². The van der Waals surface area contributed by atoms with Crippen molar-refractivity contribution >= 4 is 17.2 Å². The number of likely N-dealkylation sites (tertiary alicyclic amines) is 1. The summed E-state index contributed by atoms with van der Waals surface area (Å²) in [5.74, 6) is 2.02. The molecule has 24 heavy (non-hydrogen) atoms. The molecular formula is C18H26N4OS. The zero-order valence-corrected chi connectivity index (χ0v) is 14.8. The Morgan fingerprint density at radius 1 is 1.25 bits per heavy atom. The van der Waals surface area contributed by atoms with Crippen LogP contribution in [0.15, 0.2) is 23.6 Å². The van der Waals surface area contributed by atoms with Crippen LogP contribution < -0.4 is 5.32 Å². The van der Waals surface area contributed by atoms with Gasteiger partial charge in [-0.15, -0.1) is 11.3 Å². The smallest absolute Gasteiger partial charge is 0.125 e. The minimum absolute atomic E-state index is 0.111. The highest BCUT2D eigenvalue weighted by atomic mass is 32.1. The van der Waals surface area contributed by atoms with E-state index >= 15 is 0 Å². The third kappa shape index (κ3) is 3.82. The number of hydrogen-bond donors (Lipinski definition) is 2. The topological polar surface area (TPSA) is 53.3 Å². The van der Waals surface area contributed by atoms with Crippen molar-refractivity contribution in [3.8, 4) is 10.6 Å². The molecule has 2 N–H and O–H groups in total. The van der Waals surface area contributed by atoms with Crippen molar-refractivity contribution in [1.82, 2.24) is 14.7 Å². The van der Waals surface area contributed by atoms with Gasteiger partial charge >= 0.3 is 0 Å². The van der Waals surface area contributed by atoms with Crippen LogP contribution in [0.2, 0.25) is 0 Å². The summed E-state index contributed by atoms with van der Waals surface area (Å²) in [7, 11) is 0. The predicted molar refractivity (Wildman–Crippen MR) is 98.4 cm³/mol. The largest absolute Gasteiger partial charge is 0.394 e. The van der Waals surface area contributed by atoms with Crippen LogP contribution in [0.3, 0.4) is 0 Å². The Labute approximate surface area is 147 Å². The van der Waals surface area contributed by atoms with Gasteiger partial charge in [-0.2, -0.15) is 5.10 Å². The number of aliphatic hydroxyl groups is 1. The number of aromatic nitrogens is 2. The van der Waals surface area contributed by atoms with Gasteiger partial charge in [0.25, 0.3) is 0 Å². The molecule has 3 heterocycles. The lowest BCUT2D eigenvalue weighted by molar-refractivity contribution is 0.210. The van der Waals surface area contributed by atoms with Crippen molar-refractivity contribution < 1.29 is 5.11 Å². The highest BCUT2D eigenvalue weighted by Gasteiger charge is 2.27. The second kappa shape index (κ2) is 7.25. The lowest BCUT2D eigenvalue weighted by Crippen LogP contribution is -2.40. The van der Waals surface area contributed by atoms with Gasteiger partial charge < -0.3 is 15.3 Å². The molecule has 0 amide bonds. The zero-order valence-electron chi connectivity index (χ0n) is 14.0.